The molecule has 2 aliphatic rings. The zero-order chi connectivity index (χ0) is 13.0. The van der Waals surface area contributed by atoms with Gasteiger partial charge in [0.2, 0.25) is 10.0 Å². The van der Waals surface area contributed by atoms with E-state index in [2.05, 4.69) is 4.90 Å². The highest BCUT2D eigenvalue weighted by Crippen LogP contribution is 2.22. The molecule has 0 saturated carbocycles. The van der Waals surface area contributed by atoms with Crippen LogP contribution in [0.1, 0.15) is 25.7 Å². The van der Waals surface area contributed by atoms with Gasteiger partial charge in [-0.25, -0.2) is 12.7 Å². The molecular formula is C12H21N3O2S. The van der Waals surface area contributed by atoms with E-state index in [9.17, 15) is 8.42 Å². The van der Waals surface area contributed by atoms with Crippen molar-refractivity contribution in [1.29, 1.82) is 5.26 Å². The van der Waals surface area contributed by atoms with Crippen molar-refractivity contribution in [3.63, 3.8) is 0 Å². The first-order chi connectivity index (χ1) is 8.62. The van der Waals surface area contributed by atoms with Crippen LogP contribution in [-0.2, 0) is 10.0 Å². The smallest absolute Gasteiger partial charge is 0.227 e. The minimum absolute atomic E-state index is 0.385. The summed E-state index contributed by atoms with van der Waals surface area (Å²) in [5.74, 6) is 0.237. The Labute approximate surface area is 109 Å². The molecule has 0 bridgehead atoms. The monoisotopic (exact) mass is 271 g/mol. The van der Waals surface area contributed by atoms with Crippen LogP contribution >= 0.6 is 0 Å². The number of hydrogen-bond donors (Lipinski definition) is 0. The van der Waals surface area contributed by atoms with Crippen LogP contribution in [0.5, 0.6) is 0 Å². The van der Waals surface area contributed by atoms with E-state index >= 15 is 0 Å². The average Bonchev–Trinajstić information content (AvgIpc) is 2.82. The minimum Gasteiger partial charge on any atom is -0.303 e. The molecule has 102 valence electrons. The van der Waals surface area contributed by atoms with Crippen molar-refractivity contribution in [1.82, 2.24) is 9.21 Å². The maximum Gasteiger partial charge on any atom is 0.227 e. The lowest BCUT2D eigenvalue weighted by Crippen LogP contribution is -2.41. The molecule has 0 N–H and O–H groups in total. The topological polar surface area (TPSA) is 64.4 Å². The van der Waals surface area contributed by atoms with Gasteiger partial charge in [0.1, 0.15) is 0 Å². The number of nitrogens with zero attached hydrogens (tertiary/aromatic N) is 3. The normalized spacial score (nSPS) is 24.2. The van der Waals surface area contributed by atoms with Gasteiger partial charge in [-0.1, -0.05) is 0 Å². The Morgan fingerprint density at radius 3 is 2.28 bits per heavy atom. The van der Waals surface area contributed by atoms with Crippen LogP contribution in [0.25, 0.3) is 0 Å². The largest absolute Gasteiger partial charge is 0.303 e. The Kier molecular flexibility index (Phi) is 4.60. The van der Waals surface area contributed by atoms with E-state index in [4.69, 9.17) is 5.26 Å². The highest BCUT2D eigenvalue weighted by Gasteiger charge is 2.28. The average molecular weight is 271 g/mol. The van der Waals surface area contributed by atoms with Crippen LogP contribution < -0.4 is 0 Å². The molecule has 0 atom stereocenters. The fraction of sp³-hybridized carbons (Fsp3) is 0.917. The van der Waals surface area contributed by atoms with Crippen molar-refractivity contribution in [2.24, 2.45) is 5.92 Å². The van der Waals surface area contributed by atoms with Gasteiger partial charge in [-0.05, 0) is 44.7 Å². The lowest BCUT2D eigenvalue weighted by molar-refractivity contribution is 0.206. The molecule has 0 amide bonds. The lowest BCUT2D eigenvalue weighted by Gasteiger charge is -2.32. The molecule has 0 spiro atoms. The van der Waals surface area contributed by atoms with Crippen molar-refractivity contribution in [3.05, 3.63) is 0 Å². The number of rotatable bonds is 4. The molecule has 5 nitrogen and oxygen atoms in total. The SMILES string of the molecule is N#CCS(=O)(=O)N1CCC(CN2CCCC2)CC1. The van der Waals surface area contributed by atoms with Crippen molar-refractivity contribution < 1.29 is 8.42 Å². The summed E-state index contributed by atoms with van der Waals surface area (Å²) in [5, 5.41) is 8.51. The first kappa shape index (κ1) is 13.8. The lowest BCUT2D eigenvalue weighted by atomic mass is 9.98. The summed E-state index contributed by atoms with van der Waals surface area (Å²) in [7, 11) is -3.33. The van der Waals surface area contributed by atoms with E-state index in [-0.39, 0.29) is 5.75 Å². The van der Waals surface area contributed by atoms with Crippen LogP contribution in [0, 0.1) is 17.2 Å². The summed E-state index contributed by atoms with van der Waals surface area (Å²) in [5.41, 5.74) is 0. The number of nitriles is 1. The van der Waals surface area contributed by atoms with Crippen LogP contribution in [0.3, 0.4) is 0 Å². The van der Waals surface area contributed by atoms with Gasteiger partial charge in [-0.15, -0.1) is 0 Å². The maximum absolute atomic E-state index is 11.7. The fourth-order valence-electron chi connectivity index (χ4n) is 2.87. The van der Waals surface area contributed by atoms with E-state index in [0.717, 1.165) is 19.4 Å². The zero-order valence-corrected chi connectivity index (χ0v) is 11.5. The highest BCUT2D eigenvalue weighted by molar-refractivity contribution is 7.89. The number of likely N-dealkylation sites (tertiary alicyclic amines) is 1. The molecule has 18 heavy (non-hydrogen) atoms. The summed E-state index contributed by atoms with van der Waals surface area (Å²) in [6.07, 6.45) is 4.47. The van der Waals surface area contributed by atoms with E-state index in [0.29, 0.717) is 19.0 Å². The molecule has 2 rings (SSSR count). The molecule has 2 heterocycles. The Morgan fingerprint density at radius 2 is 1.72 bits per heavy atom. The third kappa shape index (κ3) is 3.44. The predicted molar refractivity (Wildman–Crippen MR) is 69.4 cm³/mol. The van der Waals surface area contributed by atoms with Crippen LogP contribution in [0.15, 0.2) is 0 Å². The zero-order valence-electron chi connectivity index (χ0n) is 10.7. The second-order valence-corrected chi connectivity index (χ2v) is 7.23. The molecule has 2 fully saturated rings. The molecule has 6 heteroatoms. The van der Waals surface area contributed by atoms with Crippen molar-refractivity contribution in [2.45, 2.75) is 25.7 Å². The Bertz CT molecular complexity index is 402. The molecule has 2 aliphatic heterocycles. The third-order valence-corrected chi connectivity index (χ3v) is 5.57. The number of piperidine rings is 1. The Morgan fingerprint density at radius 1 is 1.11 bits per heavy atom. The van der Waals surface area contributed by atoms with Gasteiger partial charge >= 0.3 is 0 Å². The number of hydrogen-bond acceptors (Lipinski definition) is 4. The van der Waals surface area contributed by atoms with Gasteiger partial charge in [0, 0.05) is 19.6 Å². The van der Waals surface area contributed by atoms with Crippen molar-refractivity contribution in [3.8, 4) is 6.07 Å². The number of sulfonamides is 1. The first-order valence-corrected chi connectivity index (χ1v) is 8.30. The second kappa shape index (κ2) is 6.00. The molecule has 0 aromatic carbocycles. The third-order valence-electron chi connectivity index (χ3n) is 3.93. The van der Waals surface area contributed by atoms with Gasteiger partial charge in [0.15, 0.2) is 5.75 Å². The van der Waals surface area contributed by atoms with Crippen molar-refractivity contribution >= 4 is 10.0 Å². The van der Waals surface area contributed by atoms with Crippen LogP contribution in [0.4, 0.5) is 0 Å². The summed E-state index contributed by atoms with van der Waals surface area (Å²) >= 11 is 0. The second-order valence-electron chi connectivity index (χ2n) is 5.26. The van der Waals surface area contributed by atoms with Gasteiger partial charge in [-0.3, -0.25) is 0 Å². The van der Waals surface area contributed by atoms with E-state index in [1.807, 2.05) is 0 Å². The van der Waals surface area contributed by atoms with Gasteiger partial charge in [-0.2, -0.15) is 5.26 Å². The summed E-state index contributed by atoms with van der Waals surface area (Å²) in [6.45, 7) is 4.69. The molecule has 0 aromatic heterocycles. The highest BCUT2D eigenvalue weighted by atomic mass is 32.2. The Balaban J connectivity index is 1.79. The maximum atomic E-state index is 11.7. The van der Waals surface area contributed by atoms with E-state index in [1.165, 1.54) is 30.2 Å². The molecule has 0 radical (unpaired) electrons. The van der Waals surface area contributed by atoms with Crippen LogP contribution in [0.2, 0.25) is 0 Å². The summed E-state index contributed by atoms with van der Waals surface area (Å²) in [6, 6.07) is 1.74. The van der Waals surface area contributed by atoms with Crippen molar-refractivity contribution in [2.75, 3.05) is 38.5 Å². The Hall–Kier alpha value is -0.640. The first-order valence-electron chi connectivity index (χ1n) is 6.69. The predicted octanol–water partition coefficient (Wildman–Crippen LogP) is 0.648. The van der Waals surface area contributed by atoms with Crippen LogP contribution in [-0.4, -0.2) is 56.1 Å². The molecule has 0 unspecified atom stereocenters. The molecule has 2 saturated heterocycles. The fourth-order valence-corrected chi connectivity index (χ4v) is 3.99. The van der Waals surface area contributed by atoms with Gasteiger partial charge in [0.05, 0.1) is 6.07 Å². The standard InChI is InChI=1S/C12H21N3O2S/c13-5-10-18(16,17)15-8-3-12(4-9-15)11-14-6-1-2-7-14/h12H,1-4,6-11H2. The molecular weight excluding hydrogens is 250 g/mol. The molecule has 0 aliphatic carbocycles. The van der Waals surface area contributed by atoms with Gasteiger partial charge < -0.3 is 4.90 Å². The quantitative estimate of drug-likeness (QED) is 0.753. The van der Waals surface area contributed by atoms with E-state index < -0.39 is 10.0 Å². The summed E-state index contributed by atoms with van der Waals surface area (Å²) in [4.78, 5) is 2.49. The van der Waals surface area contributed by atoms with Gasteiger partial charge in [0.25, 0.3) is 0 Å². The minimum atomic E-state index is -3.33. The molecule has 0 aromatic rings. The van der Waals surface area contributed by atoms with E-state index in [1.54, 1.807) is 6.07 Å². The summed E-state index contributed by atoms with van der Waals surface area (Å²) < 4.78 is 24.9.